The summed E-state index contributed by atoms with van der Waals surface area (Å²) in [5.74, 6) is 0.633. The Labute approximate surface area is 111 Å². The molecule has 1 aliphatic heterocycles. The number of aliphatic carboxylic acids is 1. The van der Waals surface area contributed by atoms with E-state index in [1.807, 2.05) is 0 Å². The van der Waals surface area contributed by atoms with E-state index >= 15 is 0 Å². The summed E-state index contributed by atoms with van der Waals surface area (Å²) in [7, 11) is 0. The van der Waals surface area contributed by atoms with Gasteiger partial charge in [0.25, 0.3) is 0 Å². The molecule has 19 heavy (non-hydrogen) atoms. The maximum absolute atomic E-state index is 12.1. The summed E-state index contributed by atoms with van der Waals surface area (Å²) in [5.41, 5.74) is 1.35. The van der Waals surface area contributed by atoms with E-state index in [1.54, 1.807) is 24.3 Å². The summed E-state index contributed by atoms with van der Waals surface area (Å²) >= 11 is 0. The summed E-state index contributed by atoms with van der Waals surface area (Å²) in [4.78, 5) is 24.8. The normalized spacial score (nSPS) is 16.8. The van der Waals surface area contributed by atoms with Crippen molar-refractivity contribution < 1.29 is 14.7 Å². The zero-order chi connectivity index (χ0) is 13.8. The number of hydrogen-bond donors (Lipinski definition) is 2. The highest BCUT2D eigenvalue weighted by molar-refractivity contribution is 5.99. The van der Waals surface area contributed by atoms with Crippen molar-refractivity contribution >= 4 is 17.6 Å². The van der Waals surface area contributed by atoms with Crippen molar-refractivity contribution in [3.05, 3.63) is 29.8 Å². The molecule has 0 saturated carbocycles. The molecule has 0 spiro atoms. The lowest BCUT2D eigenvalue weighted by molar-refractivity contribution is -0.138. The Kier molecular flexibility index (Phi) is 3.83. The minimum absolute atomic E-state index is 0.102. The Morgan fingerprint density at radius 3 is 2.89 bits per heavy atom. The van der Waals surface area contributed by atoms with Crippen molar-refractivity contribution in [3.8, 4) is 12.3 Å². The number of amides is 1. The average Bonchev–Trinajstić information content (AvgIpc) is 2.78. The minimum atomic E-state index is -0.917. The van der Waals surface area contributed by atoms with E-state index in [2.05, 4.69) is 11.2 Å². The van der Waals surface area contributed by atoms with E-state index in [0.717, 1.165) is 0 Å². The highest BCUT2D eigenvalue weighted by Gasteiger charge is 2.35. The van der Waals surface area contributed by atoms with Crippen LogP contribution in [0.25, 0.3) is 0 Å². The maximum Gasteiger partial charge on any atom is 0.312 e. The molecule has 5 nitrogen and oxygen atoms in total. The topological polar surface area (TPSA) is 69.6 Å². The Hall–Kier alpha value is -2.32. The molecule has 5 heteroatoms. The van der Waals surface area contributed by atoms with Crippen LogP contribution in [0, 0.1) is 12.3 Å². The number of nitrogens with one attached hydrogen (secondary N) is 1. The number of carbonyl (C=O) groups is 2. The third-order valence-corrected chi connectivity index (χ3v) is 3.07. The first-order chi connectivity index (χ1) is 9.15. The minimum Gasteiger partial charge on any atom is -0.481 e. The summed E-state index contributed by atoms with van der Waals surface area (Å²) in [6.45, 7) is 0.583. The van der Waals surface area contributed by atoms with E-state index in [0.29, 0.717) is 17.8 Å². The van der Waals surface area contributed by atoms with Crippen LogP contribution in [-0.4, -0.2) is 36.6 Å². The smallest absolute Gasteiger partial charge is 0.312 e. The fourth-order valence-corrected chi connectivity index (χ4v) is 2.19. The van der Waals surface area contributed by atoms with Gasteiger partial charge in [-0.2, -0.15) is 0 Å². The van der Waals surface area contributed by atoms with Gasteiger partial charge in [0.05, 0.1) is 13.1 Å². The molecule has 1 aliphatic rings. The summed E-state index contributed by atoms with van der Waals surface area (Å²) in [6.07, 6.45) is 5.09. The molecule has 1 heterocycles. The van der Waals surface area contributed by atoms with Crippen LogP contribution in [0.1, 0.15) is 11.5 Å². The van der Waals surface area contributed by atoms with Crippen LogP contribution in [0.3, 0.4) is 0 Å². The Morgan fingerprint density at radius 1 is 1.47 bits per heavy atom. The number of terminal acetylenes is 1. The van der Waals surface area contributed by atoms with E-state index in [9.17, 15) is 14.7 Å². The van der Waals surface area contributed by atoms with Crippen LogP contribution >= 0.6 is 0 Å². The molecule has 0 aliphatic carbocycles. The van der Waals surface area contributed by atoms with Gasteiger partial charge in [-0.1, -0.05) is 24.1 Å². The number of carbonyl (C=O) groups excluding carboxylic acids is 1. The molecule has 1 aromatic carbocycles. The number of hydrogen-bond acceptors (Lipinski definition) is 3. The van der Waals surface area contributed by atoms with Crippen molar-refractivity contribution in [1.29, 1.82) is 0 Å². The van der Waals surface area contributed by atoms with Gasteiger partial charge in [0.2, 0.25) is 5.91 Å². The highest BCUT2D eigenvalue weighted by atomic mass is 16.4. The Bertz CT molecular complexity index is 548. The summed E-state index contributed by atoms with van der Waals surface area (Å²) in [5, 5.41) is 12.0. The quantitative estimate of drug-likeness (QED) is 0.607. The molecular weight excluding hydrogens is 244 g/mol. The van der Waals surface area contributed by atoms with Crippen LogP contribution in [0.15, 0.2) is 24.3 Å². The third kappa shape index (κ3) is 2.59. The lowest BCUT2D eigenvalue weighted by Gasteiger charge is -2.17. The van der Waals surface area contributed by atoms with Gasteiger partial charge in [-0.05, 0) is 11.6 Å². The molecule has 2 rings (SSSR count). The molecule has 1 atom stereocenters. The van der Waals surface area contributed by atoms with Gasteiger partial charge in [-0.3, -0.25) is 14.9 Å². The first-order valence-electron chi connectivity index (χ1n) is 5.91. The number of rotatable bonds is 4. The standard InChI is InChI=1S/C14H14N2O3/c1-2-7-15-8-13(17)16-9-11(14(18)19)10-5-3-4-6-12(10)16/h1,3-6,11,15H,7-9H2,(H,18,19). The van der Waals surface area contributed by atoms with Crippen LogP contribution in [0.5, 0.6) is 0 Å². The summed E-state index contributed by atoms with van der Waals surface area (Å²) in [6, 6.07) is 7.07. The second-order valence-corrected chi connectivity index (χ2v) is 4.26. The molecule has 1 unspecified atom stereocenters. The number of carboxylic acid groups (broad SMARTS) is 1. The van der Waals surface area contributed by atoms with Crippen LogP contribution in [-0.2, 0) is 9.59 Å². The number of para-hydroxylation sites is 1. The number of nitrogens with zero attached hydrogens (tertiary/aromatic N) is 1. The number of anilines is 1. The van der Waals surface area contributed by atoms with Crippen molar-refractivity contribution in [2.75, 3.05) is 24.5 Å². The van der Waals surface area contributed by atoms with Crippen LogP contribution in [0.4, 0.5) is 5.69 Å². The molecule has 0 fully saturated rings. The van der Waals surface area contributed by atoms with Gasteiger partial charge < -0.3 is 10.0 Å². The molecule has 2 N–H and O–H groups in total. The zero-order valence-electron chi connectivity index (χ0n) is 10.3. The van der Waals surface area contributed by atoms with Crippen molar-refractivity contribution in [2.45, 2.75) is 5.92 Å². The fraction of sp³-hybridized carbons (Fsp3) is 0.286. The monoisotopic (exact) mass is 258 g/mol. The number of carboxylic acids is 1. The molecule has 1 aromatic rings. The summed E-state index contributed by atoms with van der Waals surface area (Å²) < 4.78 is 0. The van der Waals surface area contributed by atoms with E-state index in [4.69, 9.17) is 6.42 Å². The molecule has 98 valence electrons. The molecule has 0 bridgehead atoms. The SMILES string of the molecule is C#CCNCC(=O)N1CC(C(=O)O)c2ccccc21. The maximum atomic E-state index is 12.1. The van der Waals surface area contributed by atoms with E-state index < -0.39 is 11.9 Å². The third-order valence-electron chi connectivity index (χ3n) is 3.07. The van der Waals surface area contributed by atoms with E-state index in [-0.39, 0.29) is 19.0 Å². The predicted molar refractivity (Wildman–Crippen MR) is 70.9 cm³/mol. The van der Waals surface area contributed by atoms with Gasteiger partial charge in [-0.25, -0.2) is 0 Å². The van der Waals surface area contributed by atoms with Crippen LogP contribution in [0.2, 0.25) is 0 Å². The lowest BCUT2D eigenvalue weighted by Crippen LogP contribution is -2.38. The lowest BCUT2D eigenvalue weighted by atomic mass is 10.0. The first kappa shape index (κ1) is 13.1. The fourth-order valence-electron chi connectivity index (χ4n) is 2.19. The number of benzene rings is 1. The van der Waals surface area contributed by atoms with Gasteiger partial charge in [0.15, 0.2) is 0 Å². The van der Waals surface area contributed by atoms with Gasteiger partial charge in [0.1, 0.15) is 5.92 Å². The largest absolute Gasteiger partial charge is 0.481 e. The second kappa shape index (κ2) is 5.55. The van der Waals surface area contributed by atoms with Crippen molar-refractivity contribution in [1.82, 2.24) is 5.32 Å². The van der Waals surface area contributed by atoms with E-state index in [1.165, 1.54) is 4.90 Å². The highest BCUT2D eigenvalue weighted by Crippen LogP contribution is 2.36. The Balaban J connectivity index is 2.18. The first-order valence-corrected chi connectivity index (χ1v) is 5.91. The Morgan fingerprint density at radius 2 is 2.21 bits per heavy atom. The van der Waals surface area contributed by atoms with Gasteiger partial charge in [0, 0.05) is 12.2 Å². The molecule has 0 aromatic heterocycles. The number of fused-ring (bicyclic) bond motifs is 1. The molecule has 0 radical (unpaired) electrons. The predicted octanol–water partition coefficient (Wildman–Crippen LogP) is 0.424. The molecule has 0 saturated heterocycles. The average molecular weight is 258 g/mol. The van der Waals surface area contributed by atoms with Crippen molar-refractivity contribution in [2.24, 2.45) is 0 Å². The van der Waals surface area contributed by atoms with Crippen molar-refractivity contribution in [3.63, 3.8) is 0 Å². The zero-order valence-corrected chi connectivity index (χ0v) is 10.3. The van der Waals surface area contributed by atoms with Crippen LogP contribution < -0.4 is 10.2 Å². The molecular formula is C14H14N2O3. The molecule has 1 amide bonds. The van der Waals surface area contributed by atoms with Gasteiger partial charge >= 0.3 is 5.97 Å². The van der Waals surface area contributed by atoms with Gasteiger partial charge in [-0.15, -0.1) is 6.42 Å². The second-order valence-electron chi connectivity index (χ2n) is 4.26.